The number of esters is 1. The van der Waals surface area contributed by atoms with E-state index in [1.807, 2.05) is 0 Å². The van der Waals surface area contributed by atoms with Crippen LogP contribution in [0.25, 0.3) is 0 Å². The molecule has 0 aliphatic heterocycles. The molecule has 0 saturated heterocycles. The van der Waals surface area contributed by atoms with Gasteiger partial charge in [-0.15, -0.1) is 37.2 Å². The normalized spacial score (nSPS) is 10.2. The van der Waals surface area contributed by atoms with Crippen molar-refractivity contribution in [1.82, 2.24) is 0 Å². The SMILES string of the molecule is Cl.Cl.Cl.NCCCC[C@H](N)C(=O)OCCN. The molecule has 0 aromatic heterocycles. The summed E-state index contributed by atoms with van der Waals surface area (Å²) in [5.74, 6) is -0.373. The van der Waals surface area contributed by atoms with Crippen LogP contribution in [-0.2, 0) is 9.53 Å². The smallest absolute Gasteiger partial charge is 0.322 e. The Kier molecular flexibility index (Phi) is 27.7. The summed E-state index contributed by atoms with van der Waals surface area (Å²) in [5, 5.41) is 0. The van der Waals surface area contributed by atoms with E-state index in [4.69, 9.17) is 21.9 Å². The highest BCUT2D eigenvalue weighted by Crippen LogP contribution is 1.99. The van der Waals surface area contributed by atoms with E-state index in [-0.39, 0.29) is 49.8 Å². The molecule has 0 rings (SSSR count). The standard InChI is InChI=1S/C8H19N3O2.3ClH/c9-4-2-1-3-7(11)8(12)13-6-5-10;;;/h7H,1-6,9-11H2;3*1H/t7-;;;/m0.../s1. The molecule has 6 N–H and O–H groups in total. The number of ether oxygens (including phenoxy) is 1. The molecule has 0 heterocycles. The number of carbonyl (C=O) groups excluding carboxylic acids is 1. The fourth-order valence-corrected chi connectivity index (χ4v) is 0.893. The van der Waals surface area contributed by atoms with Crippen LogP contribution >= 0.6 is 37.2 Å². The van der Waals surface area contributed by atoms with Crippen molar-refractivity contribution in [2.75, 3.05) is 19.7 Å². The zero-order valence-corrected chi connectivity index (χ0v) is 11.5. The fraction of sp³-hybridized carbons (Fsp3) is 0.875. The Morgan fingerprint density at radius 3 is 2.06 bits per heavy atom. The predicted molar refractivity (Wildman–Crippen MR) is 72.6 cm³/mol. The molecule has 0 fully saturated rings. The molecule has 0 saturated carbocycles. The second-order valence-electron chi connectivity index (χ2n) is 2.85. The minimum absolute atomic E-state index is 0. The van der Waals surface area contributed by atoms with Crippen LogP contribution in [0.5, 0.6) is 0 Å². The first-order valence-electron chi connectivity index (χ1n) is 4.54. The molecule has 1 atom stereocenters. The summed E-state index contributed by atoms with van der Waals surface area (Å²) in [5.41, 5.74) is 16.0. The maximum Gasteiger partial charge on any atom is 0.322 e. The van der Waals surface area contributed by atoms with Gasteiger partial charge < -0.3 is 21.9 Å². The Morgan fingerprint density at radius 2 is 1.62 bits per heavy atom. The lowest BCUT2D eigenvalue weighted by atomic mass is 10.1. The molecule has 0 amide bonds. The van der Waals surface area contributed by atoms with Crippen molar-refractivity contribution in [2.45, 2.75) is 25.3 Å². The highest BCUT2D eigenvalue weighted by atomic mass is 35.5. The lowest BCUT2D eigenvalue weighted by molar-refractivity contribution is -0.145. The zero-order chi connectivity index (χ0) is 10.1. The third-order valence-electron chi connectivity index (χ3n) is 1.63. The van der Waals surface area contributed by atoms with Gasteiger partial charge in [0.1, 0.15) is 12.6 Å². The average Bonchev–Trinajstić information content (AvgIpc) is 2.14. The minimum Gasteiger partial charge on any atom is -0.463 e. The molecule has 5 nitrogen and oxygen atoms in total. The molecule has 0 unspecified atom stereocenters. The summed E-state index contributed by atoms with van der Waals surface area (Å²) >= 11 is 0. The Labute approximate surface area is 115 Å². The van der Waals surface area contributed by atoms with Gasteiger partial charge in [0.15, 0.2) is 0 Å². The molecule has 8 heteroatoms. The number of nitrogens with two attached hydrogens (primary N) is 3. The molecule has 0 spiro atoms. The molecule has 0 bridgehead atoms. The maximum atomic E-state index is 11.1. The van der Waals surface area contributed by atoms with Gasteiger partial charge in [0.2, 0.25) is 0 Å². The topological polar surface area (TPSA) is 104 Å². The zero-order valence-electron chi connectivity index (χ0n) is 9.09. The second-order valence-corrected chi connectivity index (χ2v) is 2.85. The quantitative estimate of drug-likeness (QED) is 0.460. The molecular weight excluding hydrogens is 276 g/mol. The van der Waals surface area contributed by atoms with E-state index >= 15 is 0 Å². The number of hydrogen-bond donors (Lipinski definition) is 3. The fourth-order valence-electron chi connectivity index (χ4n) is 0.893. The van der Waals surface area contributed by atoms with Crippen molar-refractivity contribution in [3.05, 3.63) is 0 Å². The Morgan fingerprint density at radius 1 is 1.06 bits per heavy atom. The number of unbranched alkanes of at least 4 members (excludes halogenated alkanes) is 1. The highest BCUT2D eigenvalue weighted by Gasteiger charge is 2.13. The van der Waals surface area contributed by atoms with Crippen LogP contribution in [-0.4, -0.2) is 31.7 Å². The minimum atomic E-state index is -0.530. The van der Waals surface area contributed by atoms with Gasteiger partial charge in [-0.3, -0.25) is 4.79 Å². The number of rotatable bonds is 7. The van der Waals surface area contributed by atoms with Gasteiger partial charge in [0.25, 0.3) is 0 Å². The van der Waals surface area contributed by atoms with Crippen molar-refractivity contribution in [1.29, 1.82) is 0 Å². The summed E-state index contributed by atoms with van der Waals surface area (Å²) in [4.78, 5) is 11.1. The molecule has 0 aromatic rings. The highest BCUT2D eigenvalue weighted by molar-refractivity contribution is 5.86. The molecule has 0 aliphatic carbocycles. The lowest BCUT2D eigenvalue weighted by Crippen LogP contribution is -2.33. The van der Waals surface area contributed by atoms with E-state index in [1.54, 1.807) is 0 Å². The first-order valence-corrected chi connectivity index (χ1v) is 4.54. The van der Waals surface area contributed by atoms with E-state index in [2.05, 4.69) is 0 Å². The van der Waals surface area contributed by atoms with E-state index in [1.165, 1.54) is 0 Å². The summed E-state index contributed by atoms with van der Waals surface area (Å²) in [6.07, 6.45) is 2.37. The first kappa shape index (κ1) is 25.2. The van der Waals surface area contributed by atoms with Crippen LogP contribution < -0.4 is 17.2 Å². The molecule has 102 valence electrons. The van der Waals surface area contributed by atoms with Gasteiger partial charge in [0.05, 0.1) is 0 Å². The lowest BCUT2D eigenvalue weighted by Gasteiger charge is -2.10. The van der Waals surface area contributed by atoms with Crippen LogP contribution in [0.3, 0.4) is 0 Å². The third-order valence-corrected chi connectivity index (χ3v) is 1.63. The van der Waals surface area contributed by atoms with Gasteiger partial charge >= 0.3 is 5.97 Å². The van der Waals surface area contributed by atoms with Crippen LogP contribution in [0.4, 0.5) is 0 Å². The van der Waals surface area contributed by atoms with Crippen molar-refractivity contribution < 1.29 is 9.53 Å². The van der Waals surface area contributed by atoms with E-state index in [9.17, 15) is 4.79 Å². The Balaban J connectivity index is -0.000000240. The summed E-state index contributed by atoms with van der Waals surface area (Å²) < 4.78 is 4.76. The van der Waals surface area contributed by atoms with Crippen LogP contribution in [0, 0.1) is 0 Å². The van der Waals surface area contributed by atoms with Crippen molar-refractivity contribution in [3.63, 3.8) is 0 Å². The molecule has 16 heavy (non-hydrogen) atoms. The number of carbonyl (C=O) groups is 1. The molecule has 0 aliphatic rings. The van der Waals surface area contributed by atoms with Gasteiger partial charge in [0, 0.05) is 6.54 Å². The predicted octanol–water partition coefficient (Wildman–Crippen LogP) is 0.210. The van der Waals surface area contributed by atoms with E-state index in [0.29, 0.717) is 19.5 Å². The van der Waals surface area contributed by atoms with E-state index in [0.717, 1.165) is 12.8 Å². The average molecular weight is 299 g/mol. The van der Waals surface area contributed by atoms with E-state index < -0.39 is 6.04 Å². The van der Waals surface area contributed by atoms with Crippen LogP contribution in [0.1, 0.15) is 19.3 Å². The first-order chi connectivity index (χ1) is 6.22. The molecule has 0 radical (unpaired) electrons. The molecular formula is C8H22Cl3N3O2. The van der Waals surface area contributed by atoms with Crippen LogP contribution in [0.15, 0.2) is 0 Å². The van der Waals surface area contributed by atoms with Gasteiger partial charge in [-0.1, -0.05) is 6.42 Å². The number of halogens is 3. The third kappa shape index (κ3) is 14.2. The second kappa shape index (κ2) is 17.6. The van der Waals surface area contributed by atoms with Gasteiger partial charge in [-0.05, 0) is 19.4 Å². The van der Waals surface area contributed by atoms with Crippen molar-refractivity contribution in [3.8, 4) is 0 Å². The number of hydrogen-bond acceptors (Lipinski definition) is 5. The Hall–Kier alpha value is 0.220. The maximum absolute atomic E-state index is 11.1. The van der Waals surface area contributed by atoms with Crippen molar-refractivity contribution in [2.24, 2.45) is 17.2 Å². The summed E-state index contributed by atoms with van der Waals surface area (Å²) in [7, 11) is 0. The van der Waals surface area contributed by atoms with Crippen LogP contribution in [0.2, 0.25) is 0 Å². The molecule has 0 aromatic carbocycles. The Bertz CT molecular complexity index is 152. The largest absolute Gasteiger partial charge is 0.463 e. The van der Waals surface area contributed by atoms with Gasteiger partial charge in [-0.25, -0.2) is 0 Å². The van der Waals surface area contributed by atoms with Gasteiger partial charge in [-0.2, -0.15) is 0 Å². The monoisotopic (exact) mass is 297 g/mol. The van der Waals surface area contributed by atoms with Crippen molar-refractivity contribution >= 4 is 43.2 Å². The summed E-state index contributed by atoms with van der Waals surface area (Å²) in [6.45, 7) is 1.20. The summed E-state index contributed by atoms with van der Waals surface area (Å²) in [6, 6.07) is -0.530.